The number of benzene rings is 1. The molecule has 0 aromatic heterocycles. The molecule has 1 amide bonds. The first-order valence-electron chi connectivity index (χ1n) is 8.29. The van der Waals surface area contributed by atoms with Crippen LogP contribution in [0.1, 0.15) is 38.7 Å². The summed E-state index contributed by atoms with van der Waals surface area (Å²) in [5.41, 5.74) is 0.453. The molecular formula is C18H22N2O5. The molecule has 1 aliphatic rings. The summed E-state index contributed by atoms with van der Waals surface area (Å²) in [6.07, 6.45) is 5.59. The molecule has 2 atom stereocenters. The number of hydrogen-bond acceptors (Lipinski definition) is 5. The summed E-state index contributed by atoms with van der Waals surface area (Å²) >= 11 is 0. The Balaban J connectivity index is 1.88. The van der Waals surface area contributed by atoms with Crippen LogP contribution in [0.25, 0.3) is 6.08 Å². The molecule has 2 rings (SSSR count). The molecule has 2 unspecified atom stereocenters. The molecule has 1 saturated heterocycles. The summed E-state index contributed by atoms with van der Waals surface area (Å²) in [6.45, 7) is 3.70. The van der Waals surface area contributed by atoms with E-state index in [9.17, 15) is 19.7 Å². The van der Waals surface area contributed by atoms with Crippen LogP contribution in [0.4, 0.5) is 5.69 Å². The number of esters is 1. The number of rotatable bonds is 5. The van der Waals surface area contributed by atoms with Crippen molar-refractivity contribution in [3.63, 3.8) is 0 Å². The van der Waals surface area contributed by atoms with Crippen LogP contribution < -0.4 is 0 Å². The molecule has 1 aromatic carbocycles. The molecule has 1 aromatic rings. The van der Waals surface area contributed by atoms with E-state index in [1.54, 1.807) is 11.0 Å². The fraction of sp³-hybridized carbons (Fsp3) is 0.444. The first kappa shape index (κ1) is 18.6. The second-order valence-electron chi connectivity index (χ2n) is 6.22. The number of nitro benzene ring substituents is 1. The average Bonchev–Trinajstić information content (AvgIpc) is 2.58. The summed E-state index contributed by atoms with van der Waals surface area (Å²) in [5, 5.41) is 10.7. The Bertz CT molecular complexity index is 676. The average molecular weight is 346 g/mol. The van der Waals surface area contributed by atoms with E-state index in [0.29, 0.717) is 5.56 Å². The van der Waals surface area contributed by atoms with E-state index in [4.69, 9.17) is 4.74 Å². The smallest absolute Gasteiger partial charge is 0.331 e. The Kier molecular flexibility index (Phi) is 6.27. The molecule has 0 bridgehead atoms. The number of amides is 1. The van der Waals surface area contributed by atoms with Gasteiger partial charge in [-0.1, -0.05) is 12.1 Å². The SMILES string of the molecule is CC1CCCC(C)N1C(=O)COC(=O)/C=C/c1cccc([N+](=O)[O-])c1. The number of carbonyl (C=O) groups is 2. The van der Waals surface area contributed by atoms with Crippen molar-refractivity contribution < 1.29 is 19.2 Å². The van der Waals surface area contributed by atoms with Crippen molar-refractivity contribution in [1.82, 2.24) is 4.90 Å². The lowest BCUT2D eigenvalue weighted by Gasteiger charge is -2.38. The molecule has 1 aliphatic heterocycles. The first-order chi connectivity index (χ1) is 11.9. The summed E-state index contributed by atoms with van der Waals surface area (Å²) in [5.74, 6) is -0.853. The number of likely N-dealkylation sites (tertiary alicyclic amines) is 1. The number of carbonyl (C=O) groups excluding carboxylic acids is 2. The molecule has 134 valence electrons. The van der Waals surface area contributed by atoms with E-state index in [-0.39, 0.29) is 30.3 Å². The van der Waals surface area contributed by atoms with Crippen LogP contribution in [0.3, 0.4) is 0 Å². The second kappa shape index (κ2) is 8.41. The highest BCUT2D eigenvalue weighted by Gasteiger charge is 2.29. The largest absolute Gasteiger partial charge is 0.452 e. The van der Waals surface area contributed by atoms with Crippen LogP contribution in [0, 0.1) is 10.1 Å². The minimum atomic E-state index is -0.655. The minimum absolute atomic E-state index is 0.0567. The fourth-order valence-electron chi connectivity index (χ4n) is 3.07. The predicted molar refractivity (Wildman–Crippen MR) is 92.7 cm³/mol. The van der Waals surface area contributed by atoms with Gasteiger partial charge in [-0.15, -0.1) is 0 Å². The number of nitrogens with zero attached hydrogens (tertiary/aromatic N) is 2. The van der Waals surface area contributed by atoms with Gasteiger partial charge in [0.2, 0.25) is 0 Å². The van der Waals surface area contributed by atoms with Gasteiger partial charge in [0.1, 0.15) is 0 Å². The zero-order chi connectivity index (χ0) is 18.4. The maximum absolute atomic E-state index is 12.3. The highest BCUT2D eigenvalue weighted by molar-refractivity contribution is 5.89. The highest BCUT2D eigenvalue weighted by Crippen LogP contribution is 2.22. The molecule has 1 heterocycles. The van der Waals surface area contributed by atoms with Crippen LogP contribution in [0.2, 0.25) is 0 Å². The lowest BCUT2D eigenvalue weighted by molar-refractivity contribution is -0.384. The summed E-state index contributed by atoms with van der Waals surface area (Å²) in [4.78, 5) is 36.0. The zero-order valence-corrected chi connectivity index (χ0v) is 14.4. The van der Waals surface area contributed by atoms with E-state index in [2.05, 4.69) is 0 Å². The monoisotopic (exact) mass is 346 g/mol. The molecule has 1 fully saturated rings. The molecule has 0 N–H and O–H groups in total. The van der Waals surface area contributed by atoms with Crippen molar-refractivity contribution >= 4 is 23.6 Å². The fourth-order valence-corrected chi connectivity index (χ4v) is 3.07. The van der Waals surface area contributed by atoms with Gasteiger partial charge in [-0.05, 0) is 44.7 Å². The van der Waals surface area contributed by atoms with E-state index < -0.39 is 10.9 Å². The number of hydrogen-bond donors (Lipinski definition) is 0. The Labute approximate surface area is 146 Å². The Morgan fingerprint density at radius 3 is 2.64 bits per heavy atom. The number of non-ortho nitro benzene ring substituents is 1. The van der Waals surface area contributed by atoms with E-state index in [0.717, 1.165) is 25.3 Å². The maximum atomic E-state index is 12.3. The van der Waals surface area contributed by atoms with Gasteiger partial charge < -0.3 is 9.64 Å². The lowest BCUT2D eigenvalue weighted by Crippen LogP contribution is -2.49. The Morgan fingerprint density at radius 1 is 1.32 bits per heavy atom. The van der Waals surface area contributed by atoms with Gasteiger partial charge in [0.15, 0.2) is 6.61 Å². The number of piperidine rings is 1. The third-order valence-electron chi connectivity index (χ3n) is 4.31. The zero-order valence-electron chi connectivity index (χ0n) is 14.4. The molecular weight excluding hydrogens is 324 g/mol. The van der Waals surface area contributed by atoms with Gasteiger partial charge in [0, 0.05) is 30.3 Å². The van der Waals surface area contributed by atoms with Crippen LogP contribution in [0.15, 0.2) is 30.3 Å². The third kappa shape index (κ3) is 5.14. The van der Waals surface area contributed by atoms with E-state index >= 15 is 0 Å². The van der Waals surface area contributed by atoms with Crippen LogP contribution >= 0.6 is 0 Å². The van der Waals surface area contributed by atoms with Crippen LogP contribution in [-0.2, 0) is 14.3 Å². The van der Waals surface area contributed by atoms with Gasteiger partial charge in [-0.3, -0.25) is 14.9 Å². The summed E-state index contributed by atoms with van der Waals surface area (Å²) in [6, 6.07) is 6.19. The quantitative estimate of drug-likeness (QED) is 0.354. The maximum Gasteiger partial charge on any atom is 0.331 e. The van der Waals surface area contributed by atoms with Crippen molar-refractivity contribution in [3.8, 4) is 0 Å². The first-order valence-corrected chi connectivity index (χ1v) is 8.29. The topological polar surface area (TPSA) is 89.8 Å². The third-order valence-corrected chi connectivity index (χ3v) is 4.31. The van der Waals surface area contributed by atoms with Gasteiger partial charge in [-0.2, -0.15) is 0 Å². The van der Waals surface area contributed by atoms with Gasteiger partial charge >= 0.3 is 5.97 Å². The standard InChI is InChI=1S/C18H22N2O5/c1-13-5-3-6-14(2)19(13)17(21)12-25-18(22)10-9-15-7-4-8-16(11-15)20(23)24/h4,7-11,13-14H,3,5-6,12H2,1-2H3/b10-9+. The minimum Gasteiger partial charge on any atom is -0.452 e. The Morgan fingerprint density at radius 2 is 2.00 bits per heavy atom. The number of nitro groups is 1. The highest BCUT2D eigenvalue weighted by atomic mass is 16.6. The van der Waals surface area contributed by atoms with Crippen LogP contribution in [0.5, 0.6) is 0 Å². The van der Waals surface area contributed by atoms with Gasteiger partial charge in [-0.25, -0.2) is 4.79 Å². The summed E-state index contributed by atoms with van der Waals surface area (Å²) < 4.78 is 5.00. The van der Waals surface area contributed by atoms with Crippen molar-refractivity contribution in [1.29, 1.82) is 0 Å². The molecule has 0 aliphatic carbocycles. The summed E-state index contributed by atoms with van der Waals surface area (Å²) in [7, 11) is 0. The van der Waals surface area contributed by atoms with Crippen molar-refractivity contribution in [2.75, 3.05) is 6.61 Å². The van der Waals surface area contributed by atoms with E-state index in [1.807, 2.05) is 13.8 Å². The second-order valence-corrected chi connectivity index (χ2v) is 6.22. The molecule has 7 heteroatoms. The van der Waals surface area contributed by atoms with Crippen molar-refractivity contribution in [3.05, 3.63) is 46.0 Å². The normalized spacial score (nSPS) is 20.5. The molecule has 0 radical (unpaired) electrons. The van der Waals surface area contributed by atoms with E-state index in [1.165, 1.54) is 24.3 Å². The molecule has 0 spiro atoms. The predicted octanol–water partition coefficient (Wildman–Crippen LogP) is 2.94. The number of ether oxygens (including phenoxy) is 1. The van der Waals surface area contributed by atoms with Crippen molar-refractivity contribution in [2.24, 2.45) is 0 Å². The molecule has 0 saturated carbocycles. The lowest BCUT2D eigenvalue weighted by atomic mass is 9.97. The van der Waals surface area contributed by atoms with Gasteiger partial charge in [0.05, 0.1) is 4.92 Å². The van der Waals surface area contributed by atoms with Gasteiger partial charge in [0.25, 0.3) is 11.6 Å². The molecule has 25 heavy (non-hydrogen) atoms. The van der Waals surface area contributed by atoms with Crippen molar-refractivity contribution in [2.45, 2.75) is 45.2 Å². The molecule has 7 nitrogen and oxygen atoms in total. The Hall–Kier alpha value is -2.70. The van der Waals surface area contributed by atoms with Crippen LogP contribution in [-0.4, -0.2) is 40.4 Å².